The number of carbonyl (C=O) groups is 1. The van der Waals surface area contributed by atoms with Gasteiger partial charge >= 0.3 is 0 Å². The average molecular weight is 481 g/mol. The minimum atomic E-state index is -1.27. The van der Waals surface area contributed by atoms with Crippen molar-refractivity contribution in [2.75, 3.05) is 31.6 Å². The number of amides is 1. The van der Waals surface area contributed by atoms with Gasteiger partial charge in [0, 0.05) is 24.8 Å². The summed E-state index contributed by atoms with van der Waals surface area (Å²) in [6.07, 6.45) is 4.70. The summed E-state index contributed by atoms with van der Waals surface area (Å²) in [5.74, 6) is 0.0600. The number of nitrogens with zero attached hydrogens (tertiary/aromatic N) is 1. The fourth-order valence-electron chi connectivity index (χ4n) is 4.08. The number of hydrogen-bond acceptors (Lipinski definition) is 6. The number of unbranched alkanes of at least 4 members (excludes halogenated alkanes) is 3. The second kappa shape index (κ2) is 17.9. The van der Waals surface area contributed by atoms with Crippen LogP contribution in [-0.2, 0) is 11.2 Å². The van der Waals surface area contributed by atoms with Crippen LogP contribution in [0.1, 0.15) is 77.7 Å². The van der Waals surface area contributed by atoms with Gasteiger partial charge in [-0.2, -0.15) is 0 Å². The Hall–Kier alpha value is -1.51. The normalized spacial score (nSPS) is 15.2. The van der Waals surface area contributed by atoms with Crippen molar-refractivity contribution >= 4 is 11.6 Å². The lowest BCUT2D eigenvalue weighted by molar-refractivity contribution is -0.119. The van der Waals surface area contributed by atoms with Crippen LogP contribution in [0.4, 0.5) is 5.69 Å². The van der Waals surface area contributed by atoms with Crippen molar-refractivity contribution in [2.24, 2.45) is 5.92 Å². The Morgan fingerprint density at radius 3 is 2.21 bits per heavy atom. The van der Waals surface area contributed by atoms with E-state index in [2.05, 4.69) is 24.1 Å². The first-order valence-corrected chi connectivity index (χ1v) is 13.1. The van der Waals surface area contributed by atoms with Crippen LogP contribution in [0, 0.1) is 5.92 Å². The van der Waals surface area contributed by atoms with Gasteiger partial charge in [-0.25, -0.2) is 0 Å². The molecule has 7 nitrogen and oxygen atoms in total. The average Bonchev–Trinajstić information content (AvgIpc) is 2.82. The smallest absolute Gasteiger partial charge is 0.227 e. The van der Waals surface area contributed by atoms with E-state index in [-0.39, 0.29) is 31.4 Å². The lowest BCUT2D eigenvalue weighted by Gasteiger charge is -2.29. The first-order chi connectivity index (χ1) is 16.3. The molecule has 1 rings (SSSR count). The molecule has 196 valence electrons. The van der Waals surface area contributed by atoms with Crippen molar-refractivity contribution < 1.29 is 25.2 Å². The van der Waals surface area contributed by atoms with Gasteiger partial charge in [-0.05, 0) is 62.9 Å². The number of aryl methyl sites for hydroxylation is 1. The Balaban J connectivity index is 2.57. The fraction of sp³-hybridized carbons (Fsp3) is 0.741. The van der Waals surface area contributed by atoms with Gasteiger partial charge in [-0.15, -0.1) is 0 Å². The predicted molar refractivity (Wildman–Crippen MR) is 138 cm³/mol. The third-order valence-electron chi connectivity index (χ3n) is 6.32. The summed E-state index contributed by atoms with van der Waals surface area (Å²) >= 11 is 0. The second-order valence-electron chi connectivity index (χ2n) is 9.48. The van der Waals surface area contributed by atoms with Crippen molar-refractivity contribution in [1.82, 2.24) is 4.90 Å². The first-order valence-electron chi connectivity index (χ1n) is 13.1. The maximum absolute atomic E-state index is 12.2. The Bertz CT molecular complexity index is 655. The van der Waals surface area contributed by atoms with Gasteiger partial charge in [-0.1, -0.05) is 58.6 Å². The summed E-state index contributed by atoms with van der Waals surface area (Å²) in [6, 6.07) is 7.96. The molecule has 0 aliphatic rings. The molecular weight excluding hydrogens is 432 g/mol. The number of benzene rings is 1. The molecule has 0 unspecified atom stereocenters. The minimum absolute atomic E-state index is 0.00612. The third-order valence-corrected chi connectivity index (χ3v) is 6.32. The highest BCUT2D eigenvalue weighted by Gasteiger charge is 2.26. The highest BCUT2D eigenvalue weighted by Crippen LogP contribution is 2.15. The number of rotatable bonds is 19. The summed E-state index contributed by atoms with van der Waals surface area (Å²) in [5, 5.41) is 42.4. The van der Waals surface area contributed by atoms with Crippen LogP contribution in [0.25, 0.3) is 0 Å². The summed E-state index contributed by atoms with van der Waals surface area (Å²) in [7, 11) is 0. The molecule has 0 heterocycles. The van der Waals surface area contributed by atoms with E-state index in [1.807, 2.05) is 31.2 Å². The molecule has 34 heavy (non-hydrogen) atoms. The molecule has 0 aliphatic carbocycles. The van der Waals surface area contributed by atoms with Gasteiger partial charge < -0.3 is 30.6 Å². The van der Waals surface area contributed by atoms with Crippen LogP contribution in [0.5, 0.6) is 0 Å². The molecule has 1 aromatic carbocycles. The highest BCUT2D eigenvalue weighted by atomic mass is 16.4. The molecule has 0 fully saturated rings. The molecule has 4 atom stereocenters. The SMILES string of the molecule is CCCCCCN(CCCc1ccc(NC(=O)[C@@H](C)CCC)cc1)C[C@H](O)[C@@H](O)[C@H](O)CCO. The quantitative estimate of drug-likeness (QED) is 0.194. The third kappa shape index (κ3) is 12.3. The van der Waals surface area contributed by atoms with Crippen molar-refractivity contribution in [3.05, 3.63) is 29.8 Å². The van der Waals surface area contributed by atoms with Crippen molar-refractivity contribution in [3.63, 3.8) is 0 Å². The predicted octanol–water partition coefficient (Wildman–Crippen LogP) is 3.34. The molecule has 0 aliphatic heterocycles. The van der Waals surface area contributed by atoms with E-state index < -0.39 is 18.3 Å². The van der Waals surface area contributed by atoms with E-state index in [9.17, 15) is 20.1 Å². The molecule has 1 amide bonds. The van der Waals surface area contributed by atoms with E-state index >= 15 is 0 Å². The van der Waals surface area contributed by atoms with E-state index in [1.165, 1.54) is 12.0 Å². The standard InChI is InChI=1S/C27H48N2O5/c1-4-6-7-8-17-29(20-25(32)26(33)24(31)16-19-30)18-9-11-22-12-14-23(15-13-22)28-27(34)21(3)10-5-2/h12-15,21,24-26,30-33H,4-11,16-20H2,1-3H3,(H,28,34)/t21-,24+,25-,26-/m0/s1. The summed E-state index contributed by atoms with van der Waals surface area (Å²) in [5.41, 5.74) is 2.00. The van der Waals surface area contributed by atoms with Crippen LogP contribution in [0.2, 0.25) is 0 Å². The number of nitrogens with one attached hydrogen (secondary N) is 1. The Labute approximate surface area is 206 Å². The molecule has 0 saturated carbocycles. The maximum atomic E-state index is 12.2. The van der Waals surface area contributed by atoms with Crippen LogP contribution in [-0.4, -0.2) is 75.8 Å². The Morgan fingerprint density at radius 1 is 0.912 bits per heavy atom. The molecule has 0 spiro atoms. The van der Waals surface area contributed by atoms with E-state index in [0.29, 0.717) is 0 Å². The van der Waals surface area contributed by atoms with Gasteiger partial charge in [0.05, 0.1) is 12.2 Å². The molecule has 0 aromatic heterocycles. The number of carbonyl (C=O) groups excluding carboxylic acids is 1. The highest BCUT2D eigenvalue weighted by molar-refractivity contribution is 5.92. The van der Waals surface area contributed by atoms with Crippen LogP contribution < -0.4 is 5.32 Å². The number of anilines is 1. The number of aliphatic hydroxyl groups excluding tert-OH is 4. The molecule has 7 heteroatoms. The molecule has 0 bridgehead atoms. The van der Waals surface area contributed by atoms with Crippen molar-refractivity contribution in [3.8, 4) is 0 Å². The summed E-state index contributed by atoms with van der Waals surface area (Å²) < 4.78 is 0. The van der Waals surface area contributed by atoms with Crippen molar-refractivity contribution in [2.45, 2.75) is 96.9 Å². The molecule has 0 saturated heterocycles. The van der Waals surface area contributed by atoms with Gasteiger partial charge in [0.25, 0.3) is 0 Å². The van der Waals surface area contributed by atoms with Crippen LogP contribution in [0.15, 0.2) is 24.3 Å². The van der Waals surface area contributed by atoms with Gasteiger partial charge in [0.2, 0.25) is 5.91 Å². The largest absolute Gasteiger partial charge is 0.396 e. The fourth-order valence-corrected chi connectivity index (χ4v) is 4.08. The monoisotopic (exact) mass is 480 g/mol. The first kappa shape index (κ1) is 30.5. The Morgan fingerprint density at radius 2 is 1.59 bits per heavy atom. The van der Waals surface area contributed by atoms with Gasteiger partial charge in [-0.3, -0.25) is 4.79 Å². The minimum Gasteiger partial charge on any atom is -0.396 e. The zero-order valence-corrected chi connectivity index (χ0v) is 21.5. The zero-order chi connectivity index (χ0) is 25.3. The second-order valence-corrected chi connectivity index (χ2v) is 9.48. The van der Waals surface area contributed by atoms with Gasteiger partial charge in [0.15, 0.2) is 0 Å². The van der Waals surface area contributed by atoms with Crippen LogP contribution >= 0.6 is 0 Å². The lowest BCUT2D eigenvalue weighted by Crippen LogP contribution is -2.45. The topological polar surface area (TPSA) is 113 Å². The molecule has 0 radical (unpaired) electrons. The molecule has 1 aromatic rings. The number of aliphatic hydroxyl groups is 4. The maximum Gasteiger partial charge on any atom is 0.227 e. The molecule has 5 N–H and O–H groups in total. The van der Waals surface area contributed by atoms with E-state index in [1.54, 1.807) is 0 Å². The van der Waals surface area contributed by atoms with E-state index in [0.717, 1.165) is 63.7 Å². The Kier molecular flexibility index (Phi) is 16.0. The zero-order valence-electron chi connectivity index (χ0n) is 21.5. The lowest BCUT2D eigenvalue weighted by atomic mass is 10.0. The van der Waals surface area contributed by atoms with E-state index in [4.69, 9.17) is 5.11 Å². The van der Waals surface area contributed by atoms with Gasteiger partial charge in [0.1, 0.15) is 6.10 Å². The molecular formula is C27H48N2O5. The number of hydrogen-bond donors (Lipinski definition) is 5. The summed E-state index contributed by atoms with van der Waals surface area (Å²) in [6.45, 7) is 7.87. The van der Waals surface area contributed by atoms with Crippen molar-refractivity contribution in [1.29, 1.82) is 0 Å². The summed E-state index contributed by atoms with van der Waals surface area (Å²) in [4.78, 5) is 14.3. The van der Waals surface area contributed by atoms with Crippen LogP contribution in [0.3, 0.4) is 0 Å².